The lowest BCUT2D eigenvalue weighted by molar-refractivity contribution is -0.152. The number of aromatic nitrogens is 1. The van der Waals surface area contributed by atoms with Crippen molar-refractivity contribution in [1.29, 1.82) is 0 Å². The molecule has 0 aliphatic carbocycles. The summed E-state index contributed by atoms with van der Waals surface area (Å²) in [5, 5.41) is 3.10. The molecule has 0 spiro atoms. The molecular formula is C20H19FN2O4S. The quantitative estimate of drug-likeness (QED) is 0.477. The topological polar surface area (TPSA) is 81.4 Å². The third-order valence-corrected chi connectivity index (χ3v) is 4.80. The van der Waals surface area contributed by atoms with Crippen LogP contribution in [0.5, 0.6) is 0 Å². The van der Waals surface area contributed by atoms with Crippen molar-refractivity contribution < 1.29 is 23.1 Å². The lowest BCUT2D eigenvalue weighted by atomic mass is 10.1. The summed E-state index contributed by atoms with van der Waals surface area (Å²) in [6.45, 7) is 3.26. The van der Waals surface area contributed by atoms with Gasteiger partial charge in [0.1, 0.15) is 17.1 Å². The first-order valence-corrected chi connectivity index (χ1v) is 9.64. The second kappa shape index (κ2) is 8.88. The highest BCUT2D eigenvalue weighted by molar-refractivity contribution is 7.99. The van der Waals surface area contributed by atoms with Gasteiger partial charge in [-0.1, -0.05) is 36.0 Å². The van der Waals surface area contributed by atoms with Gasteiger partial charge in [-0.25, -0.2) is 9.37 Å². The number of para-hydroxylation sites is 2. The number of nitrogens with one attached hydrogen (secondary N) is 1. The molecule has 2 atom stereocenters. The summed E-state index contributed by atoms with van der Waals surface area (Å²) in [4.78, 5) is 28.5. The minimum absolute atomic E-state index is 0.0298. The van der Waals surface area contributed by atoms with Crippen LogP contribution < -0.4 is 5.32 Å². The third kappa shape index (κ3) is 5.10. The molecule has 2 aromatic carbocycles. The first-order chi connectivity index (χ1) is 13.4. The van der Waals surface area contributed by atoms with Crippen molar-refractivity contribution in [3.63, 3.8) is 0 Å². The molecular weight excluding hydrogens is 383 g/mol. The fourth-order valence-corrected chi connectivity index (χ4v) is 3.10. The molecule has 0 bridgehead atoms. The highest BCUT2D eigenvalue weighted by Gasteiger charge is 2.20. The molecule has 1 amide bonds. The Kier molecular flexibility index (Phi) is 6.30. The molecule has 0 aliphatic heterocycles. The molecule has 146 valence electrons. The summed E-state index contributed by atoms with van der Waals surface area (Å²) in [5.41, 5.74) is 2.10. The third-order valence-electron chi connectivity index (χ3n) is 3.99. The molecule has 0 aliphatic rings. The summed E-state index contributed by atoms with van der Waals surface area (Å²) in [5.74, 6) is -1.36. The fourth-order valence-electron chi connectivity index (χ4n) is 2.48. The number of rotatable bonds is 7. The SMILES string of the molecule is C[C@H](OC(=O)CSc1nc2ccccc2o1)C(=O)N[C@H](C)c1ccc(F)cc1. The van der Waals surface area contributed by atoms with E-state index in [0.717, 1.165) is 17.3 Å². The van der Waals surface area contributed by atoms with E-state index in [1.807, 2.05) is 18.2 Å². The van der Waals surface area contributed by atoms with Crippen LogP contribution in [0, 0.1) is 5.82 Å². The van der Waals surface area contributed by atoms with Crippen LogP contribution in [0.3, 0.4) is 0 Å². The van der Waals surface area contributed by atoms with Gasteiger partial charge >= 0.3 is 5.97 Å². The van der Waals surface area contributed by atoms with Crippen LogP contribution in [0.25, 0.3) is 11.1 Å². The maximum atomic E-state index is 13.0. The van der Waals surface area contributed by atoms with Crippen LogP contribution >= 0.6 is 11.8 Å². The van der Waals surface area contributed by atoms with E-state index < -0.39 is 18.0 Å². The molecule has 1 aromatic heterocycles. The number of ether oxygens (including phenoxy) is 1. The molecule has 1 heterocycles. The predicted octanol–water partition coefficient (Wildman–Crippen LogP) is 3.87. The molecule has 3 rings (SSSR count). The van der Waals surface area contributed by atoms with E-state index in [9.17, 15) is 14.0 Å². The Morgan fingerprint density at radius 1 is 1.18 bits per heavy atom. The van der Waals surface area contributed by atoms with Crippen LogP contribution in [0.1, 0.15) is 25.5 Å². The van der Waals surface area contributed by atoms with Crippen LogP contribution in [0.15, 0.2) is 58.2 Å². The van der Waals surface area contributed by atoms with Crippen LogP contribution in [-0.4, -0.2) is 28.7 Å². The number of oxazole rings is 1. The average Bonchev–Trinajstić information content (AvgIpc) is 3.09. The first kappa shape index (κ1) is 19.9. The van der Waals surface area contributed by atoms with Gasteiger partial charge in [-0.2, -0.15) is 0 Å². The Hall–Kier alpha value is -2.87. The molecule has 0 unspecified atom stereocenters. The van der Waals surface area contributed by atoms with Crippen molar-refractivity contribution in [3.05, 3.63) is 59.9 Å². The van der Waals surface area contributed by atoms with Crippen molar-refractivity contribution in [3.8, 4) is 0 Å². The maximum Gasteiger partial charge on any atom is 0.317 e. The maximum absolute atomic E-state index is 13.0. The van der Waals surface area contributed by atoms with Crippen LogP contribution in [-0.2, 0) is 14.3 Å². The molecule has 0 radical (unpaired) electrons. The summed E-state index contributed by atoms with van der Waals surface area (Å²) >= 11 is 1.10. The lowest BCUT2D eigenvalue weighted by Gasteiger charge is -2.18. The highest BCUT2D eigenvalue weighted by Crippen LogP contribution is 2.23. The molecule has 0 saturated heterocycles. The van der Waals surface area contributed by atoms with Crippen molar-refractivity contribution in [2.75, 3.05) is 5.75 Å². The van der Waals surface area contributed by atoms with Gasteiger partial charge in [0, 0.05) is 0 Å². The number of esters is 1. The minimum atomic E-state index is -0.959. The second-order valence-electron chi connectivity index (χ2n) is 6.15. The molecule has 0 fully saturated rings. The lowest BCUT2D eigenvalue weighted by Crippen LogP contribution is -2.37. The smallest absolute Gasteiger partial charge is 0.317 e. The number of hydrogen-bond acceptors (Lipinski definition) is 6. The van der Waals surface area contributed by atoms with Crippen molar-refractivity contribution >= 4 is 34.7 Å². The van der Waals surface area contributed by atoms with E-state index in [4.69, 9.17) is 9.15 Å². The molecule has 1 N–H and O–H groups in total. The number of benzene rings is 2. The number of thioether (sulfide) groups is 1. The number of carbonyl (C=O) groups excluding carboxylic acids is 2. The van der Waals surface area contributed by atoms with Gasteiger partial charge in [0.2, 0.25) is 0 Å². The Morgan fingerprint density at radius 3 is 2.61 bits per heavy atom. The van der Waals surface area contributed by atoms with E-state index in [-0.39, 0.29) is 17.6 Å². The number of nitrogens with zero attached hydrogens (tertiary/aromatic N) is 1. The number of hydrogen-bond donors (Lipinski definition) is 1. The number of carbonyl (C=O) groups is 2. The zero-order chi connectivity index (χ0) is 20.1. The zero-order valence-electron chi connectivity index (χ0n) is 15.3. The molecule has 8 heteroatoms. The number of amides is 1. The predicted molar refractivity (Wildman–Crippen MR) is 103 cm³/mol. The van der Waals surface area contributed by atoms with Gasteiger partial charge in [-0.05, 0) is 43.7 Å². The minimum Gasteiger partial charge on any atom is -0.452 e. The number of halogens is 1. The van der Waals surface area contributed by atoms with Gasteiger partial charge in [0.05, 0.1) is 6.04 Å². The monoisotopic (exact) mass is 402 g/mol. The zero-order valence-corrected chi connectivity index (χ0v) is 16.2. The molecule has 28 heavy (non-hydrogen) atoms. The van der Waals surface area contributed by atoms with Crippen molar-refractivity contribution in [1.82, 2.24) is 10.3 Å². The van der Waals surface area contributed by atoms with E-state index in [0.29, 0.717) is 16.3 Å². The van der Waals surface area contributed by atoms with Gasteiger partial charge in [-0.3, -0.25) is 9.59 Å². The molecule has 6 nitrogen and oxygen atoms in total. The average molecular weight is 402 g/mol. The van der Waals surface area contributed by atoms with E-state index in [1.54, 1.807) is 25.1 Å². The van der Waals surface area contributed by atoms with Gasteiger partial charge in [-0.15, -0.1) is 0 Å². The highest BCUT2D eigenvalue weighted by atomic mass is 32.2. The van der Waals surface area contributed by atoms with Gasteiger partial charge < -0.3 is 14.5 Å². The van der Waals surface area contributed by atoms with Crippen LogP contribution in [0.4, 0.5) is 4.39 Å². The Labute approximate surface area is 165 Å². The van der Waals surface area contributed by atoms with E-state index >= 15 is 0 Å². The van der Waals surface area contributed by atoms with Crippen molar-refractivity contribution in [2.24, 2.45) is 0 Å². The first-order valence-electron chi connectivity index (χ1n) is 8.66. The Morgan fingerprint density at radius 2 is 1.89 bits per heavy atom. The summed E-state index contributed by atoms with van der Waals surface area (Å²) in [7, 11) is 0. The standard InChI is InChI=1S/C20H19FN2O4S/c1-12(14-7-9-15(21)10-8-14)22-19(25)13(2)26-18(24)11-28-20-23-16-5-3-4-6-17(16)27-20/h3-10,12-13H,11H2,1-2H3,(H,22,25)/t12-,13+/m1/s1. The Balaban J connectivity index is 1.47. The summed E-state index contributed by atoms with van der Waals surface area (Å²) < 4.78 is 23.7. The van der Waals surface area contributed by atoms with E-state index in [2.05, 4.69) is 10.3 Å². The fraction of sp³-hybridized carbons (Fsp3) is 0.250. The second-order valence-corrected chi connectivity index (χ2v) is 7.08. The molecule has 3 aromatic rings. The van der Waals surface area contributed by atoms with Gasteiger partial charge in [0.25, 0.3) is 11.1 Å². The molecule has 0 saturated carbocycles. The number of fused-ring (bicyclic) bond motifs is 1. The van der Waals surface area contributed by atoms with Crippen molar-refractivity contribution in [2.45, 2.75) is 31.2 Å². The van der Waals surface area contributed by atoms with E-state index in [1.165, 1.54) is 19.1 Å². The Bertz CT molecular complexity index is 941. The van der Waals surface area contributed by atoms with Crippen LogP contribution in [0.2, 0.25) is 0 Å². The normalized spacial score (nSPS) is 13.1. The largest absolute Gasteiger partial charge is 0.452 e. The van der Waals surface area contributed by atoms with Gasteiger partial charge in [0.15, 0.2) is 11.7 Å². The summed E-state index contributed by atoms with van der Waals surface area (Å²) in [6.07, 6.45) is -0.959. The summed E-state index contributed by atoms with van der Waals surface area (Å²) in [6, 6.07) is 12.8.